The quantitative estimate of drug-likeness (QED) is 0.567. The Morgan fingerprint density at radius 1 is 1.09 bits per heavy atom. The summed E-state index contributed by atoms with van der Waals surface area (Å²) in [5, 5.41) is 0. The van der Waals surface area contributed by atoms with E-state index in [0.717, 1.165) is 41.8 Å². The maximum Gasteiger partial charge on any atom is 0.215 e. The fourth-order valence-corrected chi connectivity index (χ4v) is 2.16. The minimum Gasteiger partial charge on any atom is -0.516 e. The number of ether oxygens (including phenoxy) is 3. The molecule has 113 valence electrons. The van der Waals surface area contributed by atoms with Crippen molar-refractivity contribution in [3.8, 4) is 17.2 Å². The fraction of sp³-hybridized carbons (Fsp3) is 0.250. The number of benzene rings is 2. The van der Waals surface area contributed by atoms with Gasteiger partial charge in [0.1, 0.15) is 12.4 Å². The molecule has 2 aromatic carbocycles. The Labute approximate surface area is 155 Å². The van der Waals surface area contributed by atoms with E-state index in [2.05, 4.69) is 18.0 Å². The summed E-state index contributed by atoms with van der Waals surface area (Å²) in [6.45, 7) is 2.02. The molecule has 1 radical (unpaired) electrons. The van der Waals surface area contributed by atoms with Crippen LogP contribution >= 0.6 is 0 Å². The topological polar surface area (TPSA) is 57.0 Å². The summed E-state index contributed by atoms with van der Waals surface area (Å²) in [6.07, 6.45) is 0. The third kappa shape index (κ3) is 3.84. The van der Waals surface area contributed by atoms with Gasteiger partial charge in [0.15, 0.2) is 0 Å². The van der Waals surface area contributed by atoms with Gasteiger partial charge in [0, 0.05) is 51.5 Å². The van der Waals surface area contributed by atoms with E-state index in [1.165, 1.54) is 0 Å². The van der Waals surface area contributed by atoms with Gasteiger partial charge in [0.25, 0.3) is 0 Å². The number of likely N-dealkylation sites (N-methyl/N-ethyl adjacent to an activating group) is 1. The molecule has 0 spiro atoms. The summed E-state index contributed by atoms with van der Waals surface area (Å²) in [6, 6.07) is 14.0. The smallest absolute Gasteiger partial charge is 0.215 e. The third-order valence-corrected chi connectivity index (χ3v) is 3.30. The normalized spacial score (nSPS) is 14.0. The molecule has 6 heteroatoms. The number of fused-ring (bicyclic) bond motifs is 2. The summed E-state index contributed by atoms with van der Waals surface area (Å²) in [4.78, 5) is 2.16. The van der Waals surface area contributed by atoms with E-state index in [9.17, 15) is 0 Å². The summed E-state index contributed by atoms with van der Waals surface area (Å²) < 4.78 is 15.6. The van der Waals surface area contributed by atoms with Crippen LogP contribution in [0.15, 0.2) is 36.4 Å². The Bertz CT molecular complexity index is 614. The average Bonchev–Trinajstić information content (AvgIpc) is 2.96. The number of nitrogens with two attached hydrogens (primary N) is 1. The van der Waals surface area contributed by atoms with Gasteiger partial charge in [0.05, 0.1) is 23.7 Å². The molecule has 2 aromatic rings. The summed E-state index contributed by atoms with van der Waals surface area (Å²) in [7, 11) is 2.05. The molecule has 0 bridgehead atoms. The van der Waals surface area contributed by atoms with Crippen molar-refractivity contribution in [1.29, 1.82) is 0 Å². The molecule has 0 amide bonds. The van der Waals surface area contributed by atoms with Crippen molar-refractivity contribution in [2.24, 2.45) is 0 Å². The van der Waals surface area contributed by atoms with Gasteiger partial charge in [-0.3, -0.25) is 0 Å². The zero-order valence-corrected chi connectivity index (χ0v) is 15.3. The molecule has 0 aromatic heterocycles. The Morgan fingerprint density at radius 3 is 2.73 bits per heavy atom. The molecule has 5 nitrogen and oxygen atoms in total. The van der Waals surface area contributed by atoms with Crippen molar-refractivity contribution in [1.82, 2.24) is 0 Å². The van der Waals surface area contributed by atoms with Gasteiger partial charge < -0.3 is 24.8 Å². The van der Waals surface area contributed by atoms with Gasteiger partial charge in [-0.1, -0.05) is 0 Å². The van der Waals surface area contributed by atoms with Gasteiger partial charge in [-0.25, -0.2) is 0 Å². The molecule has 2 aliphatic heterocycles. The number of nitrogens with zero attached hydrogens (tertiary/aromatic N) is 1. The first-order valence-electron chi connectivity index (χ1n) is 6.73. The van der Waals surface area contributed by atoms with Crippen LogP contribution in [0.3, 0.4) is 0 Å². The Hall–Kier alpha value is -1.46. The van der Waals surface area contributed by atoms with Crippen molar-refractivity contribution in [2.75, 3.05) is 37.6 Å². The molecule has 2 N–H and O–H groups in total. The van der Waals surface area contributed by atoms with Crippen LogP contribution in [0.2, 0.25) is 0 Å². The molecule has 0 aliphatic carbocycles. The van der Waals surface area contributed by atoms with Gasteiger partial charge in [-0.2, -0.15) is 12.1 Å². The van der Waals surface area contributed by atoms with Crippen molar-refractivity contribution in [2.45, 2.75) is 0 Å². The second kappa shape index (κ2) is 7.70. The standard InChI is InChI=1S/C9H12N2O.C7H5O2.Y/c1-11-4-5-12-9-6-7(10)2-3-8(9)11;1-2-4-7-6(3-1)8-5-9-7;/h2-3,6H,4-5,10H2,1H3;1,3-4H,5H2;/q;-1;. The molecule has 0 fully saturated rings. The monoisotopic (exact) mass is 374 g/mol. The van der Waals surface area contributed by atoms with Gasteiger partial charge >= 0.3 is 0 Å². The zero-order valence-electron chi connectivity index (χ0n) is 12.4. The van der Waals surface area contributed by atoms with Crippen LogP contribution in [0, 0.1) is 6.07 Å². The van der Waals surface area contributed by atoms with E-state index < -0.39 is 0 Å². The molecule has 4 rings (SSSR count). The summed E-state index contributed by atoms with van der Waals surface area (Å²) >= 11 is 0. The average molecular weight is 374 g/mol. The molecule has 0 saturated heterocycles. The fourth-order valence-electron chi connectivity index (χ4n) is 2.16. The van der Waals surface area contributed by atoms with E-state index in [-0.39, 0.29) is 32.7 Å². The van der Waals surface area contributed by atoms with E-state index in [0.29, 0.717) is 6.79 Å². The first-order valence-corrected chi connectivity index (χ1v) is 6.73. The Kier molecular flexibility index (Phi) is 5.92. The first-order chi connectivity index (χ1) is 10.2. The number of anilines is 2. The predicted molar refractivity (Wildman–Crippen MR) is 81.0 cm³/mol. The molecule has 0 atom stereocenters. The summed E-state index contributed by atoms with van der Waals surface area (Å²) in [5.74, 6) is 2.50. The van der Waals surface area contributed by atoms with Crippen LogP contribution in [0.5, 0.6) is 17.2 Å². The van der Waals surface area contributed by atoms with Crippen molar-refractivity contribution < 1.29 is 46.9 Å². The van der Waals surface area contributed by atoms with Crippen LogP contribution in [0.25, 0.3) is 0 Å². The Balaban J connectivity index is 0.000000159. The van der Waals surface area contributed by atoms with E-state index in [1.807, 2.05) is 24.3 Å². The summed E-state index contributed by atoms with van der Waals surface area (Å²) in [5.41, 5.74) is 7.50. The molecular formula is C16H17N2O3Y-. The number of nitrogen functional groups attached to an aromatic ring is 1. The van der Waals surface area contributed by atoms with Crippen LogP contribution in [0.4, 0.5) is 11.4 Å². The molecule has 2 heterocycles. The first kappa shape index (κ1) is 16.9. The largest absolute Gasteiger partial charge is 0.516 e. The second-order valence-electron chi connectivity index (χ2n) is 4.78. The van der Waals surface area contributed by atoms with Crippen LogP contribution in [-0.2, 0) is 32.7 Å². The molecule has 22 heavy (non-hydrogen) atoms. The number of rotatable bonds is 0. The van der Waals surface area contributed by atoms with Gasteiger partial charge in [-0.05, 0) is 12.1 Å². The van der Waals surface area contributed by atoms with Crippen molar-refractivity contribution >= 4 is 11.4 Å². The zero-order chi connectivity index (χ0) is 14.7. The third-order valence-electron chi connectivity index (χ3n) is 3.30. The minimum atomic E-state index is 0. The SMILES string of the molecule is CN1CCOc2cc(N)ccc21.[Y].[c-]1ccc2c(c1)OCO2. The van der Waals surface area contributed by atoms with Gasteiger partial charge in [0.2, 0.25) is 6.79 Å². The number of hydrogen-bond donors (Lipinski definition) is 1. The predicted octanol–water partition coefficient (Wildman–Crippen LogP) is 2.31. The van der Waals surface area contributed by atoms with Crippen LogP contribution in [0.1, 0.15) is 0 Å². The van der Waals surface area contributed by atoms with E-state index >= 15 is 0 Å². The van der Waals surface area contributed by atoms with Gasteiger partial charge in [-0.15, -0.1) is 12.1 Å². The molecular weight excluding hydrogens is 357 g/mol. The van der Waals surface area contributed by atoms with Crippen molar-refractivity contribution in [3.63, 3.8) is 0 Å². The molecule has 2 aliphatic rings. The second-order valence-corrected chi connectivity index (χ2v) is 4.78. The van der Waals surface area contributed by atoms with E-state index in [4.69, 9.17) is 19.9 Å². The maximum absolute atomic E-state index is 5.63. The van der Waals surface area contributed by atoms with Crippen molar-refractivity contribution in [3.05, 3.63) is 42.5 Å². The Morgan fingerprint density at radius 2 is 1.91 bits per heavy atom. The number of hydrogen-bond acceptors (Lipinski definition) is 5. The maximum atomic E-state index is 5.63. The van der Waals surface area contributed by atoms with E-state index in [1.54, 1.807) is 12.1 Å². The molecule has 0 unspecified atom stereocenters. The van der Waals surface area contributed by atoms with Crippen LogP contribution < -0.4 is 24.8 Å². The van der Waals surface area contributed by atoms with Crippen LogP contribution in [-0.4, -0.2) is 27.0 Å². The minimum absolute atomic E-state index is 0. The molecule has 0 saturated carbocycles.